The topological polar surface area (TPSA) is 183 Å². The molecule has 1 aromatic rings. The molecule has 0 saturated carbocycles. The Kier molecular flexibility index (Phi) is 7.79. The zero-order valence-corrected chi connectivity index (χ0v) is 13.7. The van der Waals surface area contributed by atoms with E-state index in [1.54, 1.807) is 0 Å². The van der Waals surface area contributed by atoms with Crippen molar-refractivity contribution in [3.63, 3.8) is 0 Å². The lowest BCUT2D eigenvalue weighted by Crippen LogP contribution is -2.47. The lowest BCUT2D eigenvalue weighted by atomic mass is 10.1. The molecule has 0 aliphatic heterocycles. The van der Waals surface area contributed by atoms with E-state index in [4.69, 9.17) is 15.3 Å². The molecule has 2 atom stereocenters. The smallest absolute Gasteiger partial charge is 0.326 e. The highest BCUT2D eigenvalue weighted by molar-refractivity contribution is 5.97. The zero-order chi connectivity index (χ0) is 20.6. The predicted octanol–water partition coefficient (Wildman–Crippen LogP) is -0.772. The number of halogens is 1. The molecular formula is C15H16FN3O8. The lowest BCUT2D eigenvalue weighted by molar-refractivity contribution is -0.143. The SMILES string of the molecule is O=C(O)CC[C@H](NC(=O)C[C@@H](NC(=O)c1ccc(F)nc1)C(=O)O)C(=O)O. The molecular weight excluding hydrogens is 369 g/mol. The van der Waals surface area contributed by atoms with Gasteiger partial charge >= 0.3 is 17.9 Å². The predicted molar refractivity (Wildman–Crippen MR) is 84.1 cm³/mol. The van der Waals surface area contributed by atoms with Crippen LogP contribution in [0.25, 0.3) is 0 Å². The number of carboxylic acid groups (broad SMARTS) is 3. The summed E-state index contributed by atoms with van der Waals surface area (Å²) in [5.74, 6) is -7.11. The third-order valence-corrected chi connectivity index (χ3v) is 3.26. The number of nitrogens with zero attached hydrogens (tertiary/aromatic N) is 1. The van der Waals surface area contributed by atoms with Crippen molar-refractivity contribution in [2.45, 2.75) is 31.3 Å². The molecule has 11 nitrogen and oxygen atoms in total. The fourth-order valence-corrected chi connectivity index (χ4v) is 1.92. The number of amides is 2. The van der Waals surface area contributed by atoms with Gasteiger partial charge in [-0.1, -0.05) is 0 Å². The highest BCUT2D eigenvalue weighted by Gasteiger charge is 2.27. The largest absolute Gasteiger partial charge is 0.481 e. The first-order valence-electron chi connectivity index (χ1n) is 7.49. The Morgan fingerprint density at radius 3 is 2.11 bits per heavy atom. The van der Waals surface area contributed by atoms with Gasteiger partial charge in [0, 0.05) is 12.6 Å². The van der Waals surface area contributed by atoms with E-state index in [1.807, 2.05) is 10.6 Å². The Morgan fingerprint density at radius 2 is 1.63 bits per heavy atom. The summed E-state index contributed by atoms with van der Waals surface area (Å²) in [7, 11) is 0. The molecule has 1 aromatic heterocycles. The number of hydrogen-bond donors (Lipinski definition) is 5. The summed E-state index contributed by atoms with van der Waals surface area (Å²) in [4.78, 5) is 59.8. The first-order valence-corrected chi connectivity index (χ1v) is 7.49. The van der Waals surface area contributed by atoms with Crippen LogP contribution in [-0.2, 0) is 19.2 Å². The quantitative estimate of drug-likeness (QED) is 0.323. The summed E-state index contributed by atoms with van der Waals surface area (Å²) in [6, 6.07) is -1.28. The van der Waals surface area contributed by atoms with Crippen LogP contribution >= 0.6 is 0 Å². The minimum atomic E-state index is -1.70. The molecule has 0 saturated heterocycles. The van der Waals surface area contributed by atoms with Crippen LogP contribution in [0.2, 0.25) is 0 Å². The summed E-state index contributed by atoms with van der Waals surface area (Å²) in [6.45, 7) is 0. The van der Waals surface area contributed by atoms with Gasteiger partial charge in [0.05, 0.1) is 12.0 Å². The van der Waals surface area contributed by atoms with Crippen LogP contribution in [0.3, 0.4) is 0 Å². The van der Waals surface area contributed by atoms with Crippen LogP contribution in [0.5, 0.6) is 0 Å². The standard InChI is InChI=1S/C15H16FN3O8/c16-10-3-1-7(6-17-10)13(23)19-9(15(26)27)5-11(20)18-8(14(24)25)2-4-12(21)22/h1,3,6,8-9H,2,4-5H2,(H,18,20)(H,19,23)(H,21,22)(H,24,25)(H,26,27)/t8-,9+/m0/s1. The monoisotopic (exact) mass is 385 g/mol. The van der Waals surface area contributed by atoms with Gasteiger partial charge in [-0.15, -0.1) is 0 Å². The third-order valence-electron chi connectivity index (χ3n) is 3.26. The number of hydrogen-bond acceptors (Lipinski definition) is 6. The number of nitrogens with one attached hydrogen (secondary N) is 2. The van der Waals surface area contributed by atoms with E-state index < -0.39 is 67.0 Å². The Hall–Kier alpha value is -3.57. The van der Waals surface area contributed by atoms with Gasteiger partial charge in [-0.25, -0.2) is 14.6 Å². The van der Waals surface area contributed by atoms with E-state index in [0.717, 1.165) is 18.3 Å². The maximum Gasteiger partial charge on any atom is 0.326 e. The van der Waals surface area contributed by atoms with Crippen molar-refractivity contribution in [3.8, 4) is 0 Å². The van der Waals surface area contributed by atoms with Crippen molar-refractivity contribution in [1.82, 2.24) is 15.6 Å². The molecule has 12 heteroatoms. The first kappa shape index (κ1) is 21.5. The summed E-state index contributed by atoms with van der Waals surface area (Å²) >= 11 is 0. The third kappa shape index (κ3) is 7.46. The minimum absolute atomic E-state index is 0.145. The molecule has 0 unspecified atom stereocenters. The van der Waals surface area contributed by atoms with Gasteiger partial charge < -0.3 is 26.0 Å². The molecule has 0 bridgehead atoms. The van der Waals surface area contributed by atoms with Crippen LogP contribution in [0.4, 0.5) is 4.39 Å². The second-order valence-electron chi connectivity index (χ2n) is 5.33. The van der Waals surface area contributed by atoms with Crippen molar-refractivity contribution in [3.05, 3.63) is 29.8 Å². The maximum absolute atomic E-state index is 12.7. The van der Waals surface area contributed by atoms with Crippen molar-refractivity contribution >= 4 is 29.7 Å². The number of pyridine rings is 1. The summed E-state index contributed by atoms with van der Waals surface area (Å²) in [5.41, 5.74) is -0.145. The van der Waals surface area contributed by atoms with Gasteiger partial charge in [0.1, 0.15) is 12.1 Å². The number of carbonyl (C=O) groups is 5. The van der Waals surface area contributed by atoms with E-state index in [-0.39, 0.29) is 5.56 Å². The Morgan fingerprint density at radius 1 is 1.00 bits per heavy atom. The van der Waals surface area contributed by atoms with Crippen LogP contribution in [-0.4, -0.2) is 62.1 Å². The molecule has 2 amide bonds. The highest BCUT2D eigenvalue weighted by Crippen LogP contribution is 2.03. The van der Waals surface area contributed by atoms with E-state index in [1.165, 1.54) is 0 Å². The molecule has 0 aromatic carbocycles. The van der Waals surface area contributed by atoms with Crippen LogP contribution < -0.4 is 10.6 Å². The highest BCUT2D eigenvalue weighted by atomic mass is 19.1. The molecule has 1 rings (SSSR count). The molecule has 0 spiro atoms. The van der Waals surface area contributed by atoms with Gasteiger partial charge in [0.15, 0.2) is 0 Å². The molecule has 5 N–H and O–H groups in total. The summed E-state index contributed by atoms with van der Waals surface area (Å²) < 4.78 is 12.7. The first-order chi connectivity index (χ1) is 12.6. The molecule has 0 aliphatic carbocycles. The summed E-state index contributed by atoms with van der Waals surface area (Å²) in [6.07, 6.45) is -0.849. The fourth-order valence-electron chi connectivity index (χ4n) is 1.92. The van der Waals surface area contributed by atoms with E-state index in [0.29, 0.717) is 0 Å². The van der Waals surface area contributed by atoms with Gasteiger partial charge in [-0.05, 0) is 18.6 Å². The van der Waals surface area contributed by atoms with Crippen LogP contribution in [0.1, 0.15) is 29.6 Å². The Labute approximate surface area is 151 Å². The average molecular weight is 385 g/mol. The van der Waals surface area contributed by atoms with Crippen LogP contribution in [0.15, 0.2) is 18.3 Å². The molecule has 27 heavy (non-hydrogen) atoms. The minimum Gasteiger partial charge on any atom is -0.481 e. The van der Waals surface area contributed by atoms with Gasteiger partial charge in [-0.2, -0.15) is 4.39 Å². The molecule has 0 aliphatic rings. The van der Waals surface area contributed by atoms with Crippen molar-refractivity contribution < 1.29 is 43.7 Å². The maximum atomic E-state index is 12.7. The Bertz CT molecular complexity index is 737. The number of carbonyl (C=O) groups excluding carboxylic acids is 2. The zero-order valence-electron chi connectivity index (χ0n) is 13.7. The van der Waals surface area contributed by atoms with E-state index >= 15 is 0 Å². The van der Waals surface area contributed by atoms with Gasteiger partial charge in [0.2, 0.25) is 11.9 Å². The number of rotatable bonds is 10. The molecule has 0 radical (unpaired) electrons. The second-order valence-corrected chi connectivity index (χ2v) is 5.33. The fraction of sp³-hybridized carbons (Fsp3) is 0.333. The molecule has 1 heterocycles. The lowest BCUT2D eigenvalue weighted by Gasteiger charge is -2.17. The van der Waals surface area contributed by atoms with E-state index in [2.05, 4.69) is 4.98 Å². The average Bonchev–Trinajstić information content (AvgIpc) is 2.57. The molecule has 0 fully saturated rings. The number of carboxylic acids is 3. The normalized spacial score (nSPS) is 12.5. The van der Waals surface area contributed by atoms with Gasteiger partial charge in [0.25, 0.3) is 5.91 Å². The van der Waals surface area contributed by atoms with Crippen molar-refractivity contribution in [2.24, 2.45) is 0 Å². The Balaban J connectivity index is 2.71. The van der Waals surface area contributed by atoms with E-state index in [9.17, 15) is 28.4 Å². The van der Waals surface area contributed by atoms with Gasteiger partial charge in [-0.3, -0.25) is 14.4 Å². The number of aliphatic carboxylic acids is 3. The van der Waals surface area contributed by atoms with Crippen LogP contribution in [0, 0.1) is 5.95 Å². The number of aromatic nitrogens is 1. The summed E-state index contributed by atoms with van der Waals surface area (Å²) in [5, 5.41) is 30.7. The van der Waals surface area contributed by atoms with Crippen molar-refractivity contribution in [2.75, 3.05) is 0 Å². The molecule has 146 valence electrons. The second kappa shape index (κ2) is 9.79. The van der Waals surface area contributed by atoms with Crippen molar-refractivity contribution in [1.29, 1.82) is 0 Å².